The van der Waals surface area contributed by atoms with Gasteiger partial charge in [-0.15, -0.1) is 0 Å². The topological polar surface area (TPSA) is 89.6 Å². The van der Waals surface area contributed by atoms with Gasteiger partial charge in [0.1, 0.15) is 5.56 Å². The first kappa shape index (κ1) is 19.7. The summed E-state index contributed by atoms with van der Waals surface area (Å²) in [6, 6.07) is 8.63. The molecule has 1 aliphatic rings. The lowest BCUT2D eigenvalue weighted by molar-refractivity contribution is -0.119. The number of anilines is 2. The third-order valence-corrected chi connectivity index (χ3v) is 5.05. The molecule has 0 radical (unpaired) electrons. The van der Waals surface area contributed by atoms with E-state index in [0.29, 0.717) is 22.8 Å². The Labute approximate surface area is 164 Å². The second-order valence-electron chi connectivity index (χ2n) is 6.81. The molecule has 0 aliphatic heterocycles. The van der Waals surface area contributed by atoms with Gasteiger partial charge in [-0.1, -0.05) is 18.9 Å². The number of hydrogen-bond acceptors (Lipinski definition) is 5. The minimum atomic E-state index is -0.352. The van der Waals surface area contributed by atoms with E-state index in [4.69, 9.17) is 9.47 Å². The number of pyridine rings is 1. The Hall–Kier alpha value is -3.09. The lowest BCUT2D eigenvalue weighted by Gasteiger charge is -2.16. The normalized spacial score (nSPS) is 13.8. The molecule has 0 spiro atoms. The molecule has 0 unspecified atom stereocenters. The van der Waals surface area contributed by atoms with Crippen LogP contribution >= 0.6 is 0 Å². The van der Waals surface area contributed by atoms with Gasteiger partial charge >= 0.3 is 0 Å². The van der Waals surface area contributed by atoms with Crippen LogP contribution in [0, 0.1) is 12.8 Å². The van der Waals surface area contributed by atoms with Gasteiger partial charge in [0.25, 0.3) is 5.91 Å². The number of ether oxygens (including phenoxy) is 2. The number of nitrogens with zero attached hydrogens (tertiary/aromatic N) is 1. The van der Waals surface area contributed by atoms with E-state index < -0.39 is 0 Å². The minimum Gasteiger partial charge on any atom is -0.481 e. The number of nitrogens with one attached hydrogen (secondary N) is 2. The van der Waals surface area contributed by atoms with Crippen molar-refractivity contribution in [1.29, 1.82) is 0 Å². The van der Waals surface area contributed by atoms with Crippen molar-refractivity contribution in [3.8, 4) is 11.8 Å². The van der Waals surface area contributed by atoms with Gasteiger partial charge in [-0.05, 0) is 43.5 Å². The molecule has 7 nitrogen and oxygen atoms in total. The van der Waals surface area contributed by atoms with Crippen molar-refractivity contribution in [2.75, 3.05) is 24.9 Å². The number of rotatable bonds is 6. The fourth-order valence-electron chi connectivity index (χ4n) is 3.38. The summed E-state index contributed by atoms with van der Waals surface area (Å²) in [6.07, 6.45) is 4.08. The van der Waals surface area contributed by atoms with Crippen LogP contribution < -0.4 is 20.1 Å². The predicted octanol–water partition coefficient (Wildman–Crippen LogP) is 3.79. The van der Waals surface area contributed by atoms with Crippen LogP contribution in [0.4, 0.5) is 11.4 Å². The van der Waals surface area contributed by atoms with Crippen molar-refractivity contribution in [1.82, 2.24) is 4.98 Å². The average molecular weight is 383 g/mol. The first-order valence-electron chi connectivity index (χ1n) is 9.34. The van der Waals surface area contributed by atoms with Gasteiger partial charge in [-0.25, -0.2) is 0 Å². The highest BCUT2D eigenvalue weighted by atomic mass is 16.5. The van der Waals surface area contributed by atoms with Crippen molar-refractivity contribution >= 4 is 23.2 Å². The summed E-state index contributed by atoms with van der Waals surface area (Å²) in [5.74, 6) is 0.313. The number of methoxy groups -OCH3 is 2. The van der Waals surface area contributed by atoms with Crippen LogP contribution in [0.2, 0.25) is 0 Å². The number of hydrogen-bond donors (Lipinski definition) is 2. The molecule has 0 bridgehead atoms. The minimum absolute atomic E-state index is 0.0464. The molecule has 1 saturated carbocycles. The molecular weight excluding hydrogens is 358 g/mol. The van der Waals surface area contributed by atoms with Crippen molar-refractivity contribution in [2.45, 2.75) is 32.6 Å². The van der Waals surface area contributed by atoms with Crippen LogP contribution in [0.25, 0.3) is 0 Å². The zero-order chi connectivity index (χ0) is 20.1. The maximum atomic E-state index is 12.7. The Kier molecular flexibility index (Phi) is 6.13. The number of benzene rings is 1. The molecule has 1 aromatic heterocycles. The van der Waals surface area contributed by atoms with E-state index in [2.05, 4.69) is 15.6 Å². The predicted molar refractivity (Wildman–Crippen MR) is 107 cm³/mol. The molecule has 0 atom stereocenters. The molecule has 1 aromatic carbocycles. The van der Waals surface area contributed by atoms with Crippen LogP contribution in [-0.2, 0) is 4.79 Å². The maximum absolute atomic E-state index is 12.7. The monoisotopic (exact) mass is 383 g/mol. The molecule has 2 amide bonds. The molecule has 7 heteroatoms. The van der Waals surface area contributed by atoms with E-state index >= 15 is 0 Å². The van der Waals surface area contributed by atoms with Crippen molar-refractivity contribution < 1.29 is 19.1 Å². The molecule has 28 heavy (non-hydrogen) atoms. The van der Waals surface area contributed by atoms with Gasteiger partial charge in [-0.2, -0.15) is 4.98 Å². The summed E-state index contributed by atoms with van der Waals surface area (Å²) in [4.78, 5) is 29.3. The number of carbonyl (C=O) groups is 2. The van der Waals surface area contributed by atoms with Gasteiger partial charge < -0.3 is 20.1 Å². The summed E-state index contributed by atoms with van der Waals surface area (Å²) in [6.45, 7) is 1.86. The molecule has 1 aliphatic carbocycles. The van der Waals surface area contributed by atoms with Gasteiger partial charge in [0.15, 0.2) is 0 Å². The highest BCUT2D eigenvalue weighted by molar-refractivity contribution is 6.07. The van der Waals surface area contributed by atoms with E-state index in [1.807, 2.05) is 13.0 Å². The standard InChI is InChI=1S/C21H25N3O4/c1-13-16(22-19(25)14-7-4-5-8-14)9-6-10-17(13)23-20(26)15-11-12-18(27-2)24-21(15)28-3/h6,9-12,14H,4-5,7-8H2,1-3H3,(H,22,25)(H,23,26). The molecular formula is C21H25N3O4. The summed E-state index contributed by atoms with van der Waals surface area (Å²) in [7, 11) is 2.94. The quantitative estimate of drug-likeness (QED) is 0.792. The summed E-state index contributed by atoms with van der Waals surface area (Å²) in [5, 5.41) is 5.87. The highest BCUT2D eigenvalue weighted by Gasteiger charge is 2.23. The van der Waals surface area contributed by atoms with Gasteiger partial charge in [0.05, 0.1) is 14.2 Å². The fraction of sp³-hybridized carbons (Fsp3) is 0.381. The van der Waals surface area contributed by atoms with Crippen molar-refractivity contribution in [2.24, 2.45) is 5.92 Å². The van der Waals surface area contributed by atoms with Gasteiger partial charge in [0, 0.05) is 23.4 Å². The SMILES string of the molecule is COc1ccc(C(=O)Nc2cccc(NC(=O)C3CCCC3)c2C)c(OC)n1. The Balaban J connectivity index is 1.77. The third kappa shape index (κ3) is 4.24. The second kappa shape index (κ2) is 8.73. The van der Waals surface area contributed by atoms with Crippen LogP contribution in [0.1, 0.15) is 41.6 Å². The van der Waals surface area contributed by atoms with E-state index in [1.165, 1.54) is 14.2 Å². The van der Waals surface area contributed by atoms with E-state index in [9.17, 15) is 9.59 Å². The summed E-state index contributed by atoms with van der Waals surface area (Å²) < 4.78 is 10.3. The second-order valence-corrected chi connectivity index (χ2v) is 6.81. The number of aromatic nitrogens is 1. The molecule has 2 N–H and O–H groups in total. The summed E-state index contributed by atoms with van der Waals surface area (Å²) in [5.41, 5.74) is 2.41. The van der Waals surface area contributed by atoms with Gasteiger partial charge in [0.2, 0.25) is 17.7 Å². The maximum Gasteiger partial charge on any atom is 0.261 e. The Morgan fingerprint density at radius 2 is 1.68 bits per heavy atom. The molecule has 3 rings (SSSR count). The Bertz CT molecular complexity index is 876. The first-order valence-corrected chi connectivity index (χ1v) is 9.34. The van der Waals surface area contributed by atoms with Crippen LogP contribution in [0.3, 0.4) is 0 Å². The van der Waals surface area contributed by atoms with Crippen molar-refractivity contribution in [3.05, 3.63) is 41.5 Å². The zero-order valence-corrected chi connectivity index (χ0v) is 16.4. The smallest absolute Gasteiger partial charge is 0.261 e. The van der Waals surface area contributed by atoms with Crippen molar-refractivity contribution in [3.63, 3.8) is 0 Å². The molecule has 148 valence electrons. The molecule has 1 fully saturated rings. The first-order chi connectivity index (χ1) is 13.5. The Morgan fingerprint density at radius 3 is 2.32 bits per heavy atom. The lowest BCUT2D eigenvalue weighted by Crippen LogP contribution is -2.21. The Morgan fingerprint density at radius 1 is 1.00 bits per heavy atom. The molecule has 0 saturated heterocycles. The fourth-order valence-corrected chi connectivity index (χ4v) is 3.38. The number of carbonyl (C=O) groups excluding carboxylic acids is 2. The zero-order valence-electron chi connectivity index (χ0n) is 16.4. The third-order valence-electron chi connectivity index (χ3n) is 5.05. The van der Waals surface area contributed by atoms with E-state index in [0.717, 1.165) is 31.2 Å². The number of amides is 2. The summed E-state index contributed by atoms with van der Waals surface area (Å²) >= 11 is 0. The average Bonchev–Trinajstić information content (AvgIpc) is 3.25. The van der Waals surface area contributed by atoms with Gasteiger partial charge in [-0.3, -0.25) is 9.59 Å². The molecule has 2 aromatic rings. The van der Waals surface area contributed by atoms with Crippen LogP contribution in [-0.4, -0.2) is 31.0 Å². The highest BCUT2D eigenvalue weighted by Crippen LogP contribution is 2.29. The largest absolute Gasteiger partial charge is 0.481 e. The van der Waals surface area contributed by atoms with Crippen LogP contribution in [0.5, 0.6) is 11.8 Å². The van der Waals surface area contributed by atoms with E-state index in [1.54, 1.807) is 24.3 Å². The van der Waals surface area contributed by atoms with Crippen LogP contribution in [0.15, 0.2) is 30.3 Å². The molecule has 1 heterocycles. The lowest BCUT2D eigenvalue weighted by atomic mass is 10.1. The van der Waals surface area contributed by atoms with E-state index in [-0.39, 0.29) is 23.6 Å².